The lowest BCUT2D eigenvalue weighted by Gasteiger charge is -2.14. The van der Waals surface area contributed by atoms with Crippen molar-refractivity contribution < 1.29 is 10.2 Å². The highest BCUT2D eigenvalue weighted by molar-refractivity contribution is 5.34. The summed E-state index contributed by atoms with van der Waals surface area (Å²) in [5, 5.41) is 19.8. The van der Waals surface area contributed by atoms with Crippen LogP contribution in [0.2, 0.25) is 0 Å². The lowest BCUT2D eigenvalue weighted by Crippen LogP contribution is -2.24. The number of hydrogen-bond acceptors (Lipinski definition) is 2. The Balaban J connectivity index is 1.95. The standard InChI is InChI=1S/C14H18O2/c1-13(15,11-5-6-11)9-3-4-10-14(2,16)12-7-8-12/h11-12,15-16H,5-8H2,1-2H3/t13-,14-/m1/s1. The van der Waals surface area contributed by atoms with E-state index in [9.17, 15) is 10.2 Å². The van der Waals surface area contributed by atoms with Crippen molar-refractivity contribution in [3.63, 3.8) is 0 Å². The Labute approximate surface area is 97.1 Å². The van der Waals surface area contributed by atoms with Gasteiger partial charge in [-0.25, -0.2) is 0 Å². The first-order valence-corrected chi connectivity index (χ1v) is 5.91. The van der Waals surface area contributed by atoms with Gasteiger partial charge in [0, 0.05) is 0 Å². The molecule has 2 atom stereocenters. The zero-order chi connectivity index (χ0) is 11.8. The fraction of sp³-hybridized carbons (Fsp3) is 0.714. The van der Waals surface area contributed by atoms with Crippen LogP contribution in [0.3, 0.4) is 0 Å². The van der Waals surface area contributed by atoms with Crippen LogP contribution < -0.4 is 0 Å². The molecule has 2 nitrogen and oxygen atoms in total. The SMILES string of the molecule is C[C@@](O)(C#CC#C[C@@](C)(O)C1CC1)C1CC1. The molecule has 0 amide bonds. The molecule has 0 heterocycles. The van der Waals surface area contributed by atoms with Crippen LogP contribution in [-0.2, 0) is 0 Å². The van der Waals surface area contributed by atoms with Gasteiger partial charge in [0.2, 0.25) is 0 Å². The molecule has 2 fully saturated rings. The van der Waals surface area contributed by atoms with E-state index in [1.165, 1.54) is 0 Å². The zero-order valence-electron chi connectivity index (χ0n) is 9.88. The second-order valence-electron chi connectivity index (χ2n) is 5.34. The van der Waals surface area contributed by atoms with E-state index < -0.39 is 11.2 Å². The maximum Gasteiger partial charge on any atom is 0.126 e. The van der Waals surface area contributed by atoms with Crippen molar-refractivity contribution in [3.05, 3.63) is 0 Å². The summed E-state index contributed by atoms with van der Waals surface area (Å²) in [5.74, 6) is 11.5. The fourth-order valence-corrected chi connectivity index (χ4v) is 1.81. The largest absolute Gasteiger partial charge is 0.378 e. The zero-order valence-corrected chi connectivity index (χ0v) is 9.88. The molecule has 0 aromatic rings. The summed E-state index contributed by atoms with van der Waals surface area (Å²) in [6.07, 6.45) is 4.20. The van der Waals surface area contributed by atoms with Gasteiger partial charge in [0.15, 0.2) is 0 Å². The van der Waals surface area contributed by atoms with Crippen LogP contribution in [0.25, 0.3) is 0 Å². The molecule has 2 saturated carbocycles. The van der Waals surface area contributed by atoms with Crippen molar-refractivity contribution in [1.29, 1.82) is 0 Å². The molecule has 0 bridgehead atoms. The Bertz CT molecular complexity index is 350. The summed E-state index contributed by atoms with van der Waals surface area (Å²) >= 11 is 0. The van der Waals surface area contributed by atoms with Crippen molar-refractivity contribution in [2.75, 3.05) is 0 Å². The molecule has 2 rings (SSSR count). The van der Waals surface area contributed by atoms with Gasteiger partial charge in [-0.2, -0.15) is 0 Å². The average molecular weight is 218 g/mol. The maximum absolute atomic E-state index is 9.90. The van der Waals surface area contributed by atoms with Crippen LogP contribution >= 0.6 is 0 Å². The number of aliphatic hydroxyl groups is 2. The van der Waals surface area contributed by atoms with Crippen LogP contribution in [0.5, 0.6) is 0 Å². The summed E-state index contributed by atoms with van der Waals surface area (Å²) in [6.45, 7) is 3.47. The molecule has 2 aliphatic carbocycles. The van der Waals surface area contributed by atoms with E-state index >= 15 is 0 Å². The molecule has 86 valence electrons. The van der Waals surface area contributed by atoms with Crippen LogP contribution in [0, 0.1) is 35.5 Å². The van der Waals surface area contributed by atoms with E-state index in [0.717, 1.165) is 25.7 Å². The minimum Gasteiger partial charge on any atom is -0.378 e. The van der Waals surface area contributed by atoms with E-state index in [4.69, 9.17) is 0 Å². The van der Waals surface area contributed by atoms with Gasteiger partial charge in [-0.1, -0.05) is 11.8 Å². The van der Waals surface area contributed by atoms with E-state index in [1.54, 1.807) is 13.8 Å². The highest BCUT2D eigenvalue weighted by Gasteiger charge is 2.39. The lowest BCUT2D eigenvalue weighted by molar-refractivity contribution is 0.0971. The molecule has 16 heavy (non-hydrogen) atoms. The fourth-order valence-electron chi connectivity index (χ4n) is 1.81. The van der Waals surface area contributed by atoms with Gasteiger partial charge in [-0.15, -0.1) is 0 Å². The van der Waals surface area contributed by atoms with E-state index in [-0.39, 0.29) is 0 Å². The molecule has 0 spiro atoms. The van der Waals surface area contributed by atoms with E-state index in [0.29, 0.717) is 11.8 Å². The minimum atomic E-state index is -0.903. The van der Waals surface area contributed by atoms with Crippen molar-refractivity contribution in [2.45, 2.75) is 50.7 Å². The van der Waals surface area contributed by atoms with Crippen molar-refractivity contribution in [2.24, 2.45) is 11.8 Å². The highest BCUT2D eigenvalue weighted by Crippen LogP contribution is 2.39. The van der Waals surface area contributed by atoms with Crippen LogP contribution in [-0.4, -0.2) is 21.4 Å². The highest BCUT2D eigenvalue weighted by atomic mass is 16.3. The van der Waals surface area contributed by atoms with Gasteiger partial charge in [0.1, 0.15) is 11.2 Å². The third kappa shape index (κ3) is 2.79. The second kappa shape index (κ2) is 3.81. The minimum absolute atomic E-state index is 0.311. The van der Waals surface area contributed by atoms with Gasteiger partial charge in [0.05, 0.1) is 0 Å². The monoisotopic (exact) mass is 218 g/mol. The van der Waals surface area contributed by atoms with Gasteiger partial charge in [0.25, 0.3) is 0 Å². The summed E-state index contributed by atoms with van der Waals surface area (Å²) in [6, 6.07) is 0. The predicted molar refractivity (Wildman–Crippen MR) is 62.2 cm³/mol. The molecule has 2 heteroatoms. The van der Waals surface area contributed by atoms with Gasteiger partial charge in [-0.05, 0) is 63.2 Å². The molecule has 2 aliphatic rings. The van der Waals surface area contributed by atoms with Gasteiger partial charge < -0.3 is 10.2 Å². The van der Waals surface area contributed by atoms with Crippen molar-refractivity contribution >= 4 is 0 Å². The Morgan fingerprint density at radius 2 is 1.12 bits per heavy atom. The van der Waals surface area contributed by atoms with Crippen LogP contribution in [0.4, 0.5) is 0 Å². The molecular weight excluding hydrogens is 200 g/mol. The third-order valence-electron chi connectivity index (χ3n) is 3.44. The maximum atomic E-state index is 9.90. The average Bonchev–Trinajstić information content (AvgIpc) is 3.06. The normalized spacial score (nSPS) is 26.5. The molecule has 2 N–H and O–H groups in total. The van der Waals surface area contributed by atoms with Gasteiger partial charge >= 0.3 is 0 Å². The molecule has 0 saturated heterocycles. The lowest BCUT2D eigenvalue weighted by atomic mass is 10.0. The van der Waals surface area contributed by atoms with Crippen LogP contribution in [0.15, 0.2) is 0 Å². The summed E-state index contributed by atoms with van der Waals surface area (Å²) in [7, 11) is 0. The molecule has 0 aromatic heterocycles. The van der Waals surface area contributed by atoms with Crippen molar-refractivity contribution in [3.8, 4) is 23.7 Å². The Morgan fingerprint density at radius 3 is 1.38 bits per heavy atom. The molecule has 0 aromatic carbocycles. The molecule has 0 aliphatic heterocycles. The van der Waals surface area contributed by atoms with Crippen LogP contribution in [0.1, 0.15) is 39.5 Å². The van der Waals surface area contributed by atoms with Crippen molar-refractivity contribution in [1.82, 2.24) is 0 Å². The topological polar surface area (TPSA) is 40.5 Å². The first-order valence-electron chi connectivity index (χ1n) is 5.91. The summed E-state index contributed by atoms with van der Waals surface area (Å²) in [4.78, 5) is 0. The number of hydrogen-bond donors (Lipinski definition) is 2. The Kier molecular flexibility index (Phi) is 2.74. The molecular formula is C14H18O2. The Hall–Kier alpha value is -0.960. The number of rotatable bonds is 2. The third-order valence-corrected chi connectivity index (χ3v) is 3.44. The first-order chi connectivity index (χ1) is 7.42. The quantitative estimate of drug-likeness (QED) is 0.686. The van der Waals surface area contributed by atoms with E-state index in [1.807, 2.05) is 0 Å². The Morgan fingerprint density at radius 1 is 0.812 bits per heavy atom. The van der Waals surface area contributed by atoms with E-state index in [2.05, 4.69) is 23.7 Å². The second-order valence-corrected chi connectivity index (χ2v) is 5.34. The first kappa shape index (κ1) is 11.5. The molecule has 0 unspecified atom stereocenters. The summed E-state index contributed by atoms with van der Waals surface area (Å²) in [5.41, 5.74) is -1.81. The smallest absolute Gasteiger partial charge is 0.126 e. The predicted octanol–water partition coefficient (Wildman–Crippen LogP) is 1.32. The summed E-state index contributed by atoms with van der Waals surface area (Å²) < 4.78 is 0. The molecule has 0 radical (unpaired) electrons. The van der Waals surface area contributed by atoms with Gasteiger partial charge in [-0.3, -0.25) is 0 Å².